The number of esters is 1. The first-order chi connectivity index (χ1) is 12.7. The second-order valence-corrected chi connectivity index (χ2v) is 6.44. The van der Waals surface area contributed by atoms with E-state index < -0.39 is 0 Å². The fourth-order valence-electron chi connectivity index (χ4n) is 2.88. The van der Waals surface area contributed by atoms with E-state index in [0.717, 1.165) is 38.4 Å². The first-order valence-electron chi connectivity index (χ1n) is 9.22. The molecule has 0 atom stereocenters. The number of nitrogens with zero attached hydrogens (tertiary/aromatic N) is 2. The Balaban J connectivity index is 1.83. The molecular formula is C19H28ClN3O3. The van der Waals surface area contributed by atoms with E-state index in [1.165, 1.54) is 0 Å². The maximum Gasteiger partial charge on any atom is 0.309 e. The van der Waals surface area contributed by atoms with Gasteiger partial charge in [-0.1, -0.05) is 23.7 Å². The van der Waals surface area contributed by atoms with Crippen molar-refractivity contribution in [3.8, 4) is 5.75 Å². The van der Waals surface area contributed by atoms with Crippen molar-refractivity contribution in [1.82, 2.24) is 10.2 Å². The SMILES string of the molecule is CCNC(=NCCOc1ccccc1Cl)N1CCC(C(=O)OCC)CC1. The third kappa shape index (κ3) is 6.09. The molecule has 0 bridgehead atoms. The van der Waals surface area contributed by atoms with E-state index >= 15 is 0 Å². The topological polar surface area (TPSA) is 63.2 Å². The number of piperidine rings is 1. The number of para-hydroxylation sites is 1. The summed E-state index contributed by atoms with van der Waals surface area (Å²) in [4.78, 5) is 18.7. The first-order valence-corrected chi connectivity index (χ1v) is 9.60. The summed E-state index contributed by atoms with van der Waals surface area (Å²) in [6, 6.07) is 7.41. The van der Waals surface area contributed by atoms with Gasteiger partial charge in [0.25, 0.3) is 0 Å². The smallest absolute Gasteiger partial charge is 0.309 e. The Morgan fingerprint density at radius 3 is 2.69 bits per heavy atom. The van der Waals surface area contributed by atoms with Crippen molar-refractivity contribution in [2.24, 2.45) is 10.9 Å². The average molecular weight is 382 g/mol. The zero-order valence-corrected chi connectivity index (χ0v) is 16.3. The van der Waals surface area contributed by atoms with Crippen LogP contribution in [0.4, 0.5) is 0 Å². The molecule has 0 saturated carbocycles. The van der Waals surface area contributed by atoms with Gasteiger partial charge in [-0.05, 0) is 38.8 Å². The van der Waals surface area contributed by atoms with E-state index in [0.29, 0.717) is 30.5 Å². The summed E-state index contributed by atoms with van der Waals surface area (Å²) in [7, 11) is 0. The lowest BCUT2D eigenvalue weighted by Gasteiger charge is -2.33. The van der Waals surface area contributed by atoms with E-state index in [1.807, 2.05) is 32.0 Å². The summed E-state index contributed by atoms with van der Waals surface area (Å²) in [5.74, 6) is 1.45. The average Bonchev–Trinajstić information content (AvgIpc) is 2.66. The Kier molecular flexibility index (Phi) is 8.54. The van der Waals surface area contributed by atoms with Gasteiger partial charge in [-0.2, -0.15) is 0 Å². The summed E-state index contributed by atoms with van der Waals surface area (Å²) in [5.41, 5.74) is 0. The van der Waals surface area contributed by atoms with E-state index in [4.69, 9.17) is 21.1 Å². The number of hydrogen-bond donors (Lipinski definition) is 1. The van der Waals surface area contributed by atoms with Gasteiger partial charge in [0.1, 0.15) is 12.4 Å². The summed E-state index contributed by atoms with van der Waals surface area (Å²) in [6.07, 6.45) is 1.58. The van der Waals surface area contributed by atoms with Crippen LogP contribution in [0.3, 0.4) is 0 Å². The fraction of sp³-hybridized carbons (Fsp3) is 0.579. The monoisotopic (exact) mass is 381 g/mol. The zero-order valence-electron chi connectivity index (χ0n) is 15.5. The maximum atomic E-state index is 11.9. The molecule has 1 aromatic carbocycles. The van der Waals surface area contributed by atoms with E-state index in [1.54, 1.807) is 6.07 Å². The molecule has 2 rings (SSSR count). The molecule has 1 aliphatic rings. The molecule has 0 aromatic heterocycles. The van der Waals surface area contributed by atoms with Crippen LogP contribution in [0.15, 0.2) is 29.3 Å². The lowest BCUT2D eigenvalue weighted by molar-refractivity contribution is -0.149. The molecule has 1 aliphatic heterocycles. The molecule has 0 spiro atoms. The van der Waals surface area contributed by atoms with Gasteiger partial charge < -0.3 is 19.7 Å². The largest absolute Gasteiger partial charge is 0.490 e. The van der Waals surface area contributed by atoms with Crippen molar-refractivity contribution < 1.29 is 14.3 Å². The summed E-state index contributed by atoms with van der Waals surface area (Å²) >= 11 is 6.08. The quantitative estimate of drug-likeness (QED) is 0.340. The minimum Gasteiger partial charge on any atom is -0.490 e. The van der Waals surface area contributed by atoms with Gasteiger partial charge in [0.15, 0.2) is 5.96 Å². The third-order valence-electron chi connectivity index (χ3n) is 4.20. The molecule has 1 aromatic rings. The Labute approximate surface area is 160 Å². The lowest BCUT2D eigenvalue weighted by atomic mass is 9.97. The van der Waals surface area contributed by atoms with Gasteiger partial charge >= 0.3 is 5.97 Å². The van der Waals surface area contributed by atoms with Gasteiger partial charge in [0.05, 0.1) is 24.1 Å². The number of benzene rings is 1. The molecule has 0 amide bonds. The molecule has 0 radical (unpaired) electrons. The van der Waals surface area contributed by atoms with Crippen molar-refractivity contribution in [1.29, 1.82) is 0 Å². The van der Waals surface area contributed by atoms with Crippen molar-refractivity contribution in [3.05, 3.63) is 29.3 Å². The molecule has 1 N–H and O–H groups in total. The Hall–Kier alpha value is -1.95. The number of likely N-dealkylation sites (tertiary alicyclic amines) is 1. The van der Waals surface area contributed by atoms with Gasteiger partial charge in [0.2, 0.25) is 0 Å². The minimum atomic E-state index is -0.0813. The highest BCUT2D eigenvalue weighted by Crippen LogP contribution is 2.23. The van der Waals surface area contributed by atoms with Gasteiger partial charge in [0, 0.05) is 19.6 Å². The van der Waals surface area contributed by atoms with Gasteiger partial charge in [-0.3, -0.25) is 4.79 Å². The maximum absolute atomic E-state index is 11.9. The van der Waals surface area contributed by atoms with Crippen molar-refractivity contribution in [3.63, 3.8) is 0 Å². The van der Waals surface area contributed by atoms with E-state index in [2.05, 4.69) is 15.2 Å². The third-order valence-corrected chi connectivity index (χ3v) is 4.51. The number of halogens is 1. The van der Waals surface area contributed by atoms with Gasteiger partial charge in [-0.15, -0.1) is 0 Å². The van der Waals surface area contributed by atoms with Crippen LogP contribution >= 0.6 is 11.6 Å². The highest BCUT2D eigenvalue weighted by molar-refractivity contribution is 6.32. The molecule has 0 aliphatic carbocycles. The molecule has 144 valence electrons. The number of carbonyl (C=O) groups is 1. The standard InChI is InChI=1S/C19H28ClN3O3/c1-3-21-19(22-11-14-26-17-8-6-5-7-16(17)20)23-12-9-15(10-13-23)18(24)25-4-2/h5-8,15H,3-4,9-14H2,1-2H3,(H,21,22). The van der Waals surface area contributed by atoms with Crippen molar-refractivity contribution in [2.45, 2.75) is 26.7 Å². The Bertz CT molecular complexity index is 601. The number of hydrogen-bond acceptors (Lipinski definition) is 4. The number of aliphatic imine (C=N–C) groups is 1. The fourth-order valence-corrected chi connectivity index (χ4v) is 3.07. The van der Waals surface area contributed by atoms with Crippen LogP contribution < -0.4 is 10.1 Å². The van der Waals surface area contributed by atoms with E-state index in [-0.39, 0.29) is 11.9 Å². The first kappa shape index (κ1) is 20.4. The molecule has 0 unspecified atom stereocenters. The summed E-state index contributed by atoms with van der Waals surface area (Å²) in [6.45, 7) is 7.69. The molecule has 1 heterocycles. The number of ether oxygens (including phenoxy) is 2. The number of nitrogens with one attached hydrogen (secondary N) is 1. The van der Waals surface area contributed by atoms with Crippen LogP contribution in [0.2, 0.25) is 5.02 Å². The van der Waals surface area contributed by atoms with Crippen LogP contribution in [-0.2, 0) is 9.53 Å². The number of guanidine groups is 1. The number of carbonyl (C=O) groups excluding carboxylic acids is 1. The highest BCUT2D eigenvalue weighted by Gasteiger charge is 2.27. The van der Waals surface area contributed by atoms with Crippen LogP contribution in [0.5, 0.6) is 5.75 Å². The highest BCUT2D eigenvalue weighted by atomic mass is 35.5. The Morgan fingerprint density at radius 2 is 2.04 bits per heavy atom. The molecule has 26 heavy (non-hydrogen) atoms. The minimum absolute atomic E-state index is 0.00219. The molecule has 1 saturated heterocycles. The van der Waals surface area contributed by atoms with Gasteiger partial charge in [-0.25, -0.2) is 4.99 Å². The predicted octanol–water partition coefficient (Wildman–Crippen LogP) is 2.96. The van der Waals surface area contributed by atoms with Crippen molar-refractivity contribution in [2.75, 3.05) is 39.4 Å². The van der Waals surface area contributed by atoms with E-state index in [9.17, 15) is 4.79 Å². The second-order valence-electron chi connectivity index (χ2n) is 6.03. The second kappa shape index (κ2) is 10.9. The molecule has 7 heteroatoms. The van der Waals surface area contributed by atoms with Crippen molar-refractivity contribution >= 4 is 23.5 Å². The van der Waals surface area contributed by atoms with Crippen LogP contribution in [0.25, 0.3) is 0 Å². The normalized spacial score (nSPS) is 15.7. The predicted molar refractivity (Wildman–Crippen MR) is 104 cm³/mol. The molecule has 1 fully saturated rings. The molecular weight excluding hydrogens is 354 g/mol. The summed E-state index contributed by atoms with van der Waals surface area (Å²) in [5, 5.41) is 3.91. The zero-order chi connectivity index (χ0) is 18.8. The Morgan fingerprint density at radius 1 is 1.31 bits per heavy atom. The van der Waals surface area contributed by atoms with Crippen LogP contribution in [0.1, 0.15) is 26.7 Å². The van der Waals surface area contributed by atoms with Crippen LogP contribution in [0, 0.1) is 5.92 Å². The summed E-state index contributed by atoms with van der Waals surface area (Å²) < 4.78 is 10.8. The van der Waals surface area contributed by atoms with Crippen LogP contribution in [-0.4, -0.2) is 56.2 Å². The lowest BCUT2D eigenvalue weighted by Crippen LogP contribution is -2.46. The molecule has 6 nitrogen and oxygen atoms in total. The number of rotatable bonds is 7.